The molecule has 0 bridgehead atoms. The molecule has 1 aromatic carbocycles. The molecule has 0 aromatic heterocycles. The normalized spacial score (nSPS) is 27.4. The van der Waals surface area contributed by atoms with Gasteiger partial charge in [0.1, 0.15) is 11.8 Å². The van der Waals surface area contributed by atoms with Crippen molar-refractivity contribution in [3.63, 3.8) is 0 Å². The fourth-order valence-electron chi connectivity index (χ4n) is 2.80. The predicted molar refractivity (Wildman–Crippen MR) is 72.9 cm³/mol. The number of ether oxygens (including phenoxy) is 1. The van der Waals surface area contributed by atoms with Crippen molar-refractivity contribution in [2.45, 2.75) is 18.5 Å². The van der Waals surface area contributed by atoms with Crippen molar-refractivity contribution >= 4 is 5.91 Å². The van der Waals surface area contributed by atoms with E-state index >= 15 is 0 Å². The van der Waals surface area contributed by atoms with Crippen LogP contribution in [0.5, 0.6) is 5.75 Å². The standard InChI is InChI=1S/C14H19N3O3/c18-7-3-6-15-14(19)13-10-8-20-11-5-2-1-4-9(11)12(10)16-17-13/h1-2,4-5,10,12-13,16-18H,3,6-8H2,(H,15,19). The number of nitrogens with one attached hydrogen (secondary N) is 3. The van der Waals surface area contributed by atoms with Gasteiger partial charge in [-0.05, 0) is 12.5 Å². The highest BCUT2D eigenvalue weighted by atomic mass is 16.5. The van der Waals surface area contributed by atoms with Gasteiger partial charge in [-0.3, -0.25) is 4.79 Å². The van der Waals surface area contributed by atoms with Gasteiger partial charge in [0.05, 0.1) is 12.6 Å². The topological polar surface area (TPSA) is 82.6 Å². The van der Waals surface area contributed by atoms with Gasteiger partial charge in [-0.15, -0.1) is 0 Å². The van der Waals surface area contributed by atoms with Gasteiger partial charge in [-0.1, -0.05) is 18.2 Å². The quantitative estimate of drug-likeness (QED) is 0.569. The summed E-state index contributed by atoms with van der Waals surface area (Å²) in [6.45, 7) is 1.08. The summed E-state index contributed by atoms with van der Waals surface area (Å²) < 4.78 is 5.74. The van der Waals surface area contributed by atoms with Gasteiger partial charge < -0.3 is 15.2 Å². The highest BCUT2D eigenvalue weighted by Gasteiger charge is 2.44. The second-order valence-electron chi connectivity index (χ2n) is 5.12. The molecule has 20 heavy (non-hydrogen) atoms. The Morgan fingerprint density at radius 2 is 2.25 bits per heavy atom. The van der Waals surface area contributed by atoms with Crippen LogP contribution in [0.25, 0.3) is 0 Å². The van der Waals surface area contributed by atoms with E-state index in [0.29, 0.717) is 19.6 Å². The van der Waals surface area contributed by atoms with Crippen LogP contribution < -0.4 is 20.9 Å². The third-order valence-corrected chi connectivity index (χ3v) is 3.85. The van der Waals surface area contributed by atoms with Crippen molar-refractivity contribution in [1.82, 2.24) is 16.2 Å². The molecule has 3 rings (SSSR count). The zero-order valence-electron chi connectivity index (χ0n) is 11.1. The predicted octanol–water partition coefficient (Wildman–Crippen LogP) is -0.289. The van der Waals surface area contributed by atoms with Crippen molar-refractivity contribution in [2.24, 2.45) is 5.92 Å². The molecule has 3 atom stereocenters. The van der Waals surface area contributed by atoms with Gasteiger partial charge in [0.25, 0.3) is 0 Å². The largest absolute Gasteiger partial charge is 0.493 e. The summed E-state index contributed by atoms with van der Waals surface area (Å²) in [7, 11) is 0. The molecule has 0 saturated carbocycles. The Labute approximate surface area is 117 Å². The maximum atomic E-state index is 12.1. The lowest BCUT2D eigenvalue weighted by Gasteiger charge is -2.29. The van der Waals surface area contributed by atoms with Gasteiger partial charge >= 0.3 is 0 Å². The molecule has 1 aromatic rings. The fraction of sp³-hybridized carbons (Fsp3) is 0.500. The average Bonchev–Trinajstić information content (AvgIpc) is 2.92. The minimum absolute atomic E-state index is 0.0542. The Balaban J connectivity index is 1.69. The monoisotopic (exact) mass is 277 g/mol. The van der Waals surface area contributed by atoms with Crippen LogP contribution in [0.4, 0.5) is 0 Å². The highest BCUT2D eigenvalue weighted by Crippen LogP contribution is 2.38. The molecule has 0 radical (unpaired) electrons. The van der Waals surface area contributed by atoms with Crippen molar-refractivity contribution in [3.05, 3.63) is 29.8 Å². The number of carbonyl (C=O) groups is 1. The highest BCUT2D eigenvalue weighted by molar-refractivity contribution is 5.82. The Morgan fingerprint density at radius 1 is 1.40 bits per heavy atom. The zero-order chi connectivity index (χ0) is 13.9. The second-order valence-corrected chi connectivity index (χ2v) is 5.12. The molecule has 1 amide bonds. The Bertz CT molecular complexity index is 494. The van der Waals surface area contributed by atoms with E-state index in [4.69, 9.17) is 9.84 Å². The molecule has 1 fully saturated rings. The molecule has 0 spiro atoms. The zero-order valence-corrected chi connectivity index (χ0v) is 11.1. The van der Waals surface area contributed by atoms with Crippen LogP contribution in [0.1, 0.15) is 18.0 Å². The number of aliphatic hydroxyl groups excluding tert-OH is 1. The van der Waals surface area contributed by atoms with Crippen molar-refractivity contribution in [2.75, 3.05) is 19.8 Å². The minimum atomic E-state index is -0.313. The first-order valence-corrected chi connectivity index (χ1v) is 6.92. The second kappa shape index (κ2) is 5.78. The van der Waals surface area contributed by atoms with Crippen LogP contribution >= 0.6 is 0 Å². The molecule has 2 aliphatic heterocycles. The van der Waals surface area contributed by atoms with E-state index in [1.807, 2.05) is 24.3 Å². The Morgan fingerprint density at radius 3 is 3.10 bits per heavy atom. The van der Waals surface area contributed by atoms with Crippen molar-refractivity contribution in [1.29, 1.82) is 0 Å². The summed E-state index contributed by atoms with van der Waals surface area (Å²) in [4.78, 5) is 12.1. The van der Waals surface area contributed by atoms with Crippen LogP contribution in [0.15, 0.2) is 24.3 Å². The smallest absolute Gasteiger partial charge is 0.238 e. The first kappa shape index (κ1) is 13.4. The Hall–Kier alpha value is -1.63. The van der Waals surface area contributed by atoms with Crippen LogP contribution in [0.2, 0.25) is 0 Å². The first-order chi connectivity index (χ1) is 9.81. The summed E-state index contributed by atoms with van der Waals surface area (Å²) in [6, 6.07) is 7.66. The third kappa shape index (κ3) is 2.37. The average molecular weight is 277 g/mol. The van der Waals surface area contributed by atoms with Crippen LogP contribution in [0, 0.1) is 5.92 Å². The van der Waals surface area contributed by atoms with Crippen LogP contribution in [-0.4, -0.2) is 36.8 Å². The van der Waals surface area contributed by atoms with E-state index in [2.05, 4.69) is 16.2 Å². The molecule has 6 nitrogen and oxygen atoms in total. The first-order valence-electron chi connectivity index (χ1n) is 6.92. The van der Waals surface area contributed by atoms with Crippen LogP contribution in [0.3, 0.4) is 0 Å². The number of hydrazine groups is 1. The lowest BCUT2D eigenvalue weighted by atomic mass is 9.87. The summed E-state index contributed by atoms with van der Waals surface area (Å²) in [6.07, 6.45) is 0.569. The van der Waals surface area contributed by atoms with Crippen molar-refractivity contribution in [3.8, 4) is 5.75 Å². The number of aliphatic hydroxyl groups is 1. The Kier molecular flexibility index (Phi) is 3.86. The van der Waals surface area contributed by atoms with E-state index < -0.39 is 0 Å². The van der Waals surface area contributed by atoms with E-state index in [-0.39, 0.29) is 30.5 Å². The third-order valence-electron chi connectivity index (χ3n) is 3.85. The molecule has 4 N–H and O–H groups in total. The number of fused-ring (bicyclic) bond motifs is 3. The summed E-state index contributed by atoms with van der Waals surface area (Å²) in [5, 5.41) is 11.6. The summed E-state index contributed by atoms with van der Waals surface area (Å²) >= 11 is 0. The molecule has 3 unspecified atom stereocenters. The number of benzene rings is 1. The molecule has 2 aliphatic rings. The van der Waals surface area contributed by atoms with Gasteiger partial charge in [0, 0.05) is 24.6 Å². The van der Waals surface area contributed by atoms with E-state index in [0.717, 1.165) is 11.3 Å². The maximum absolute atomic E-state index is 12.1. The SMILES string of the molecule is O=C(NCCCO)C1NNC2c3ccccc3OCC12. The number of hydrogen-bond acceptors (Lipinski definition) is 5. The number of para-hydroxylation sites is 1. The number of amides is 1. The van der Waals surface area contributed by atoms with Gasteiger partial charge in [-0.2, -0.15) is 0 Å². The molecule has 0 aliphatic carbocycles. The molecular formula is C14H19N3O3. The van der Waals surface area contributed by atoms with Crippen molar-refractivity contribution < 1.29 is 14.6 Å². The van der Waals surface area contributed by atoms with Gasteiger partial charge in [0.2, 0.25) is 5.91 Å². The number of hydrogen-bond donors (Lipinski definition) is 4. The molecular weight excluding hydrogens is 258 g/mol. The molecule has 1 saturated heterocycles. The van der Waals surface area contributed by atoms with Gasteiger partial charge in [0.15, 0.2) is 0 Å². The maximum Gasteiger partial charge on any atom is 0.238 e. The minimum Gasteiger partial charge on any atom is -0.493 e. The molecule has 108 valence electrons. The van der Waals surface area contributed by atoms with Crippen LogP contribution in [-0.2, 0) is 4.79 Å². The summed E-state index contributed by atoms with van der Waals surface area (Å²) in [5.74, 6) is 0.893. The number of rotatable bonds is 4. The lowest BCUT2D eigenvalue weighted by Crippen LogP contribution is -2.47. The number of carbonyl (C=O) groups excluding carboxylic acids is 1. The van der Waals surface area contributed by atoms with E-state index in [9.17, 15) is 4.79 Å². The van der Waals surface area contributed by atoms with E-state index in [1.165, 1.54) is 0 Å². The summed E-state index contributed by atoms with van der Waals surface area (Å²) in [5.41, 5.74) is 7.34. The molecule has 2 heterocycles. The van der Waals surface area contributed by atoms with E-state index in [1.54, 1.807) is 0 Å². The van der Waals surface area contributed by atoms with Gasteiger partial charge in [-0.25, -0.2) is 10.9 Å². The fourth-order valence-corrected chi connectivity index (χ4v) is 2.80. The molecule has 6 heteroatoms. The lowest BCUT2D eigenvalue weighted by molar-refractivity contribution is -0.124.